The molecular weight excluding hydrogens is 303 g/mol. The molecule has 2 unspecified atom stereocenters. The lowest BCUT2D eigenvalue weighted by molar-refractivity contribution is -0.142. The smallest absolute Gasteiger partial charge is 0.451 e. The van der Waals surface area contributed by atoms with Gasteiger partial charge in [-0.1, -0.05) is 6.42 Å². The molecule has 23 heavy (non-hydrogen) atoms. The topological polar surface area (TPSA) is 131 Å². The van der Waals surface area contributed by atoms with Gasteiger partial charge in [-0.3, -0.25) is 9.78 Å². The molecule has 4 N–H and O–H groups in total. The standard InChI is InChI=1S/C14H19BN2O6/c18-13(19)10-4-11(6-16-5-10)17-7-9(2-1-3-15(22)23)12(8-17)14(20)21/h4-6,9,12,22-23H,1-3,7-8H2,(H,18,19)(H,20,21). The Morgan fingerprint density at radius 2 is 2.00 bits per heavy atom. The zero-order chi connectivity index (χ0) is 17.0. The van der Waals surface area contributed by atoms with E-state index in [-0.39, 0.29) is 24.3 Å². The molecule has 8 nitrogen and oxygen atoms in total. The Balaban J connectivity index is 2.08. The lowest BCUT2D eigenvalue weighted by Crippen LogP contribution is -2.23. The van der Waals surface area contributed by atoms with Crippen molar-refractivity contribution in [1.82, 2.24) is 4.98 Å². The van der Waals surface area contributed by atoms with E-state index in [9.17, 15) is 14.7 Å². The Morgan fingerprint density at radius 3 is 2.61 bits per heavy atom. The van der Waals surface area contributed by atoms with Gasteiger partial charge in [0.25, 0.3) is 0 Å². The second-order valence-corrected chi connectivity index (χ2v) is 5.76. The highest BCUT2D eigenvalue weighted by Crippen LogP contribution is 2.32. The Kier molecular flexibility index (Phi) is 5.57. The van der Waals surface area contributed by atoms with Gasteiger partial charge < -0.3 is 25.2 Å². The van der Waals surface area contributed by atoms with E-state index in [1.165, 1.54) is 18.5 Å². The summed E-state index contributed by atoms with van der Waals surface area (Å²) in [6.45, 7) is 0.760. The maximum absolute atomic E-state index is 11.4. The van der Waals surface area contributed by atoms with Crippen molar-refractivity contribution in [3.8, 4) is 0 Å². The summed E-state index contributed by atoms with van der Waals surface area (Å²) in [6, 6.07) is 1.48. The maximum Gasteiger partial charge on any atom is 0.451 e. The first-order chi connectivity index (χ1) is 10.9. The van der Waals surface area contributed by atoms with Crippen molar-refractivity contribution >= 4 is 24.7 Å². The molecule has 0 aliphatic carbocycles. The van der Waals surface area contributed by atoms with E-state index in [4.69, 9.17) is 15.2 Å². The molecule has 1 fully saturated rings. The van der Waals surface area contributed by atoms with Gasteiger partial charge in [0.05, 0.1) is 23.4 Å². The summed E-state index contributed by atoms with van der Waals surface area (Å²) >= 11 is 0. The van der Waals surface area contributed by atoms with Gasteiger partial charge in [-0.15, -0.1) is 0 Å². The second kappa shape index (κ2) is 7.43. The highest BCUT2D eigenvalue weighted by atomic mass is 16.4. The summed E-state index contributed by atoms with van der Waals surface area (Å²) in [5.41, 5.74) is 0.641. The molecule has 1 aliphatic heterocycles. The van der Waals surface area contributed by atoms with E-state index in [2.05, 4.69) is 4.98 Å². The average molecular weight is 322 g/mol. The van der Waals surface area contributed by atoms with E-state index < -0.39 is 25.0 Å². The first-order valence-electron chi connectivity index (χ1n) is 7.40. The van der Waals surface area contributed by atoms with Crippen LogP contribution in [0.25, 0.3) is 0 Å². The number of nitrogens with zero attached hydrogens (tertiary/aromatic N) is 2. The number of rotatable bonds is 7. The third kappa shape index (κ3) is 4.43. The second-order valence-electron chi connectivity index (χ2n) is 5.76. The molecule has 1 aliphatic rings. The molecule has 124 valence electrons. The number of pyridine rings is 1. The van der Waals surface area contributed by atoms with Crippen molar-refractivity contribution in [2.45, 2.75) is 19.2 Å². The number of aromatic carboxylic acids is 1. The van der Waals surface area contributed by atoms with E-state index in [1.54, 1.807) is 0 Å². The fraction of sp³-hybridized carbons (Fsp3) is 0.500. The van der Waals surface area contributed by atoms with Crippen molar-refractivity contribution in [2.75, 3.05) is 18.0 Å². The molecule has 9 heteroatoms. The molecule has 1 saturated heterocycles. The number of carbonyl (C=O) groups is 2. The molecule has 0 aromatic carbocycles. The molecule has 0 amide bonds. The quantitative estimate of drug-likeness (QED) is 0.523. The fourth-order valence-corrected chi connectivity index (χ4v) is 2.93. The Hall–Kier alpha value is -2.13. The van der Waals surface area contributed by atoms with Gasteiger partial charge in [0, 0.05) is 19.3 Å². The van der Waals surface area contributed by atoms with Crippen LogP contribution in [0.1, 0.15) is 23.2 Å². The normalized spacial score (nSPS) is 20.5. The van der Waals surface area contributed by atoms with Crippen LogP contribution in [0.2, 0.25) is 6.32 Å². The van der Waals surface area contributed by atoms with Crippen LogP contribution >= 0.6 is 0 Å². The van der Waals surface area contributed by atoms with Crippen molar-refractivity contribution in [2.24, 2.45) is 11.8 Å². The molecule has 2 heterocycles. The highest BCUT2D eigenvalue weighted by Gasteiger charge is 2.37. The molecule has 0 spiro atoms. The largest absolute Gasteiger partial charge is 0.481 e. The number of carboxylic acids is 2. The Labute approximate surface area is 133 Å². The third-order valence-corrected chi connectivity index (χ3v) is 4.13. The zero-order valence-corrected chi connectivity index (χ0v) is 12.5. The minimum absolute atomic E-state index is 0.0567. The third-order valence-electron chi connectivity index (χ3n) is 4.13. The fourth-order valence-electron chi connectivity index (χ4n) is 2.93. The lowest BCUT2D eigenvalue weighted by atomic mass is 9.80. The maximum atomic E-state index is 11.4. The average Bonchev–Trinajstić information content (AvgIpc) is 2.91. The Bertz CT molecular complexity index is 582. The van der Waals surface area contributed by atoms with Crippen LogP contribution in [-0.2, 0) is 4.79 Å². The molecule has 2 atom stereocenters. The summed E-state index contributed by atoms with van der Waals surface area (Å²) in [7, 11) is -1.38. The predicted molar refractivity (Wildman–Crippen MR) is 82.3 cm³/mol. The molecular formula is C14H19BN2O6. The van der Waals surface area contributed by atoms with Gasteiger partial charge >= 0.3 is 19.1 Å². The van der Waals surface area contributed by atoms with Crippen LogP contribution in [0.5, 0.6) is 0 Å². The van der Waals surface area contributed by atoms with Crippen LogP contribution < -0.4 is 4.90 Å². The summed E-state index contributed by atoms with van der Waals surface area (Å²) in [6.07, 6.45) is 4.06. The SMILES string of the molecule is O=C(O)c1cncc(N2CC(CCCB(O)O)C(C(=O)O)C2)c1. The lowest BCUT2D eigenvalue weighted by Gasteiger charge is -2.18. The van der Waals surface area contributed by atoms with Gasteiger partial charge in [0.2, 0.25) is 0 Å². The number of anilines is 1. The molecule has 1 aromatic heterocycles. The number of hydrogen-bond donors (Lipinski definition) is 4. The van der Waals surface area contributed by atoms with Crippen LogP contribution in [0, 0.1) is 11.8 Å². The monoisotopic (exact) mass is 322 g/mol. The number of aromatic nitrogens is 1. The van der Waals surface area contributed by atoms with E-state index in [0.29, 0.717) is 25.1 Å². The van der Waals surface area contributed by atoms with Crippen molar-refractivity contribution in [3.05, 3.63) is 24.0 Å². The van der Waals surface area contributed by atoms with E-state index in [1.807, 2.05) is 4.90 Å². The van der Waals surface area contributed by atoms with E-state index in [0.717, 1.165) is 0 Å². The number of hydrogen-bond acceptors (Lipinski definition) is 6. The van der Waals surface area contributed by atoms with Crippen molar-refractivity contribution in [1.29, 1.82) is 0 Å². The predicted octanol–water partition coefficient (Wildman–Crippen LogP) is 0.170. The summed E-state index contributed by atoms with van der Waals surface area (Å²) in [5, 5.41) is 36.1. The Morgan fingerprint density at radius 1 is 1.26 bits per heavy atom. The van der Waals surface area contributed by atoms with Gasteiger partial charge in [-0.25, -0.2) is 4.79 Å². The summed E-state index contributed by atoms with van der Waals surface area (Å²) in [4.78, 5) is 28.1. The molecule has 1 aromatic rings. The molecule has 0 radical (unpaired) electrons. The van der Waals surface area contributed by atoms with Crippen LogP contribution in [0.15, 0.2) is 18.5 Å². The molecule has 0 bridgehead atoms. The van der Waals surface area contributed by atoms with Crippen molar-refractivity contribution < 1.29 is 29.9 Å². The highest BCUT2D eigenvalue weighted by molar-refractivity contribution is 6.40. The summed E-state index contributed by atoms with van der Waals surface area (Å²) < 4.78 is 0. The van der Waals surface area contributed by atoms with Crippen LogP contribution in [0.3, 0.4) is 0 Å². The van der Waals surface area contributed by atoms with E-state index >= 15 is 0 Å². The van der Waals surface area contributed by atoms with Crippen LogP contribution in [-0.4, -0.2) is 57.4 Å². The van der Waals surface area contributed by atoms with Crippen LogP contribution in [0.4, 0.5) is 5.69 Å². The minimum Gasteiger partial charge on any atom is -0.481 e. The van der Waals surface area contributed by atoms with Gasteiger partial charge in [-0.2, -0.15) is 0 Å². The van der Waals surface area contributed by atoms with Gasteiger partial charge in [-0.05, 0) is 24.7 Å². The van der Waals surface area contributed by atoms with Crippen molar-refractivity contribution in [3.63, 3.8) is 0 Å². The van der Waals surface area contributed by atoms with Gasteiger partial charge in [0.1, 0.15) is 0 Å². The first-order valence-corrected chi connectivity index (χ1v) is 7.40. The molecule has 2 rings (SSSR count). The number of carboxylic acid groups (broad SMARTS) is 2. The number of aliphatic carboxylic acids is 1. The molecule has 0 saturated carbocycles. The summed E-state index contributed by atoms with van der Waals surface area (Å²) in [5.74, 6) is -2.68. The minimum atomic E-state index is -1.38. The van der Waals surface area contributed by atoms with Gasteiger partial charge in [0.15, 0.2) is 0 Å². The zero-order valence-electron chi connectivity index (χ0n) is 12.5. The first kappa shape index (κ1) is 17.2.